The summed E-state index contributed by atoms with van der Waals surface area (Å²) in [5.41, 5.74) is 1.32. The zero-order valence-electron chi connectivity index (χ0n) is 12.0. The molecule has 0 atom stereocenters. The Balaban J connectivity index is 2.02. The van der Waals surface area contributed by atoms with Crippen LogP contribution in [-0.2, 0) is 9.31 Å². The molecule has 1 aliphatic heterocycles. The Bertz CT molecular complexity index is 699. The number of nitrogens with zero attached hydrogens (tertiary/aromatic N) is 2. The minimum absolute atomic E-state index is 0.386. The number of aromatic nitrogens is 2. The second-order valence-corrected chi connectivity index (χ2v) is 6.07. The van der Waals surface area contributed by atoms with Crippen molar-refractivity contribution in [1.82, 2.24) is 9.97 Å². The van der Waals surface area contributed by atoms with Crippen LogP contribution in [0.3, 0.4) is 0 Å². The SMILES string of the molecule is CC1(C)OB(c2cnc3[nH]cc(C#N)c3c2)OC1(C)C. The molecule has 1 aliphatic rings. The summed E-state index contributed by atoms with van der Waals surface area (Å²) < 4.78 is 12.0. The Labute approximate surface area is 118 Å². The highest BCUT2D eigenvalue weighted by Crippen LogP contribution is 2.36. The van der Waals surface area contributed by atoms with Crippen LogP contribution in [0, 0.1) is 11.3 Å². The predicted molar refractivity (Wildman–Crippen MR) is 76.5 cm³/mol. The molecule has 2 aromatic rings. The molecule has 0 radical (unpaired) electrons. The molecule has 0 aromatic carbocycles. The number of hydrogen-bond acceptors (Lipinski definition) is 4. The lowest BCUT2D eigenvalue weighted by Crippen LogP contribution is -2.41. The maximum Gasteiger partial charge on any atom is 0.496 e. The van der Waals surface area contributed by atoms with Crippen molar-refractivity contribution < 1.29 is 9.31 Å². The van der Waals surface area contributed by atoms with Gasteiger partial charge in [0, 0.05) is 23.2 Å². The molecule has 3 rings (SSSR count). The summed E-state index contributed by atoms with van der Waals surface area (Å²) in [6.45, 7) is 8.04. The number of nitrogens with one attached hydrogen (secondary N) is 1. The Morgan fingerprint density at radius 3 is 2.50 bits per heavy atom. The van der Waals surface area contributed by atoms with Crippen LogP contribution >= 0.6 is 0 Å². The van der Waals surface area contributed by atoms with Gasteiger partial charge in [-0.25, -0.2) is 4.98 Å². The standard InChI is InChI=1S/C14H16BN3O2/c1-13(2)14(3,4)20-15(19-13)10-5-11-9(6-16)7-17-12(11)18-8-10/h5,7-8H,1-4H3,(H,17,18). The monoisotopic (exact) mass is 269 g/mol. The van der Waals surface area contributed by atoms with Crippen molar-refractivity contribution in [2.24, 2.45) is 0 Å². The van der Waals surface area contributed by atoms with Crippen LogP contribution in [0.4, 0.5) is 0 Å². The Hall–Kier alpha value is -1.84. The average molecular weight is 269 g/mol. The van der Waals surface area contributed by atoms with Gasteiger partial charge in [0.15, 0.2) is 0 Å². The van der Waals surface area contributed by atoms with E-state index in [4.69, 9.17) is 14.6 Å². The first-order chi connectivity index (χ1) is 9.34. The first kappa shape index (κ1) is 13.2. The van der Waals surface area contributed by atoms with E-state index in [1.165, 1.54) is 0 Å². The van der Waals surface area contributed by atoms with Crippen LogP contribution in [0.25, 0.3) is 11.0 Å². The molecule has 1 N–H and O–H groups in total. The van der Waals surface area contributed by atoms with Gasteiger partial charge in [-0.3, -0.25) is 0 Å². The smallest absolute Gasteiger partial charge is 0.399 e. The molecule has 0 spiro atoms. The van der Waals surface area contributed by atoms with Crippen LogP contribution in [0.1, 0.15) is 33.3 Å². The lowest BCUT2D eigenvalue weighted by molar-refractivity contribution is 0.00578. The van der Waals surface area contributed by atoms with E-state index in [1.54, 1.807) is 12.4 Å². The predicted octanol–water partition coefficient (Wildman–Crippen LogP) is 1.73. The van der Waals surface area contributed by atoms with Crippen LogP contribution in [0.15, 0.2) is 18.5 Å². The van der Waals surface area contributed by atoms with Crippen molar-refractivity contribution in [2.45, 2.75) is 38.9 Å². The van der Waals surface area contributed by atoms with Crippen molar-refractivity contribution in [3.8, 4) is 6.07 Å². The number of nitriles is 1. The van der Waals surface area contributed by atoms with Crippen LogP contribution < -0.4 is 5.46 Å². The fraction of sp³-hybridized carbons (Fsp3) is 0.429. The molecular formula is C14H16BN3O2. The van der Waals surface area contributed by atoms with E-state index >= 15 is 0 Å². The summed E-state index contributed by atoms with van der Waals surface area (Å²) in [6.07, 6.45) is 3.38. The third-order valence-corrected chi connectivity index (χ3v) is 4.20. The van der Waals surface area contributed by atoms with Crippen LogP contribution in [-0.4, -0.2) is 28.3 Å². The molecule has 0 aliphatic carbocycles. The van der Waals surface area contributed by atoms with Gasteiger partial charge in [0.25, 0.3) is 0 Å². The zero-order valence-corrected chi connectivity index (χ0v) is 12.0. The lowest BCUT2D eigenvalue weighted by Gasteiger charge is -2.32. The molecule has 0 unspecified atom stereocenters. The number of rotatable bonds is 1. The van der Waals surface area contributed by atoms with Gasteiger partial charge in [-0.05, 0) is 33.8 Å². The van der Waals surface area contributed by atoms with Gasteiger partial charge in [0.1, 0.15) is 11.7 Å². The molecule has 102 valence electrons. The van der Waals surface area contributed by atoms with E-state index in [2.05, 4.69) is 16.0 Å². The summed E-state index contributed by atoms with van der Waals surface area (Å²) in [5.74, 6) is 0. The summed E-state index contributed by atoms with van der Waals surface area (Å²) in [6, 6.07) is 4.05. The maximum absolute atomic E-state index is 9.09. The molecule has 20 heavy (non-hydrogen) atoms. The van der Waals surface area contributed by atoms with Gasteiger partial charge in [-0.1, -0.05) is 0 Å². The molecule has 0 amide bonds. The molecular weight excluding hydrogens is 253 g/mol. The minimum atomic E-state index is -0.460. The number of pyridine rings is 1. The maximum atomic E-state index is 9.09. The molecule has 3 heterocycles. The van der Waals surface area contributed by atoms with E-state index in [-0.39, 0.29) is 11.2 Å². The first-order valence-corrected chi connectivity index (χ1v) is 6.57. The summed E-state index contributed by atoms with van der Waals surface area (Å²) in [4.78, 5) is 7.30. The number of hydrogen-bond donors (Lipinski definition) is 1. The van der Waals surface area contributed by atoms with E-state index in [0.29, 0.717) is 11.2 Å². The quantitative estimate of drug-likeness (QED) is 0.800. The van der Waals surface area contributed by atoms with Crippen molar-refractivity contribution >= 4 is 23.6 Å². The normalized spacial score (nSPS) is 20.2. The zero-order chi connectivity index (χ0) is 14.5. The molecule has 2 aromatic heterocycles. The Morgan fingerprint density at radius 2 is 1.90 bits per heavy atom. The van der Waals surface area contributed by atoms with Gasteiger partial charge < -0.3 is 14.3 Å². The van der Waals surface area contributed by atoms with E-state index in [1.807, 2.05) is 33.8 Å². The van der Waals surface area contributed by atoms with Crippen molar-refractivity contribution in [1.29, 1.82) is 5.26 Å². The molecule has 1 fully saturated rings. The lowest BCUT2D eigenvalue weighted by atomic mass is 9.80. The molecule has 0 saturated carbocycles. The molecule has 0 bridgehead atoms. The van der Waals surface area contributed by atoms with E-state index in [0.717, 1.165) is 10.8 Å². The molecule has 1 saturated heterocycles. The van der Waals surface area contributed by atoms with Gasteiger partial charge in [0.05, 0.1) is 16.8 Å². The van der Waals surface area contributed by atoms with Gasteiger partial charge in [-0.15, -0.1) is 0 Å². The Kier molecular flexibility index (Phi) is 2.68. The fourth-order valence-electron chi connectivity index (χ4n) is 2.22. The Morgan fingerprint density at radius 1 is 1.25 bits per heavy atom. The topological polar surface area (TPSA) is 70.9 Å². The van der Waals surface area contributed by atoms with Crippen LogP contribution in [0.5, 0.6) is 0 Å². The van der Waals surface area contributed by atoms with Crippen LogP contribution in [0.2, 0.25) is 0 Å². The van der Waals surface area contributed by atoms with Crippen molar-refractivity contribution in [3.63, 3.8) is 0 Å². The number of aromatic amines is 1. The summed E-state index contributed by atoms with van der Waals surface area (Å²) >= 11 is 0. The molecule has 5 nitrogen and oxygen atoms in total. The second kappa shape index (κ2) is 4.08. The van der Waals surface area contributed by atoms with Crippen molar-refractivity contribution in [2.75, 3.05) is 0 Å². The highest BCUT2D eigenvalue weighted by atomic mass is 16.7. The second-order valence-electron chi connectivity index (χ2n) is 6.07. The van der Waals surface area contributed by atoms with Gasteiger partial charge >= 0.3 is 7.12 Å². The number of H-pyrrole nitrogens is 1. The molecule has 6 heteroatoms. The summed E-state index contributed by atoms with van der Waals surface area (Å²) in [7, 11) is -0.460. The minimum Gasteiger partial charge on any atom is -0.399 e. The van der Waals surface area contributed by atoms with Gasteiger partial charge in [0.2, 0.25) is 0 Å². The largest absolute Gasteiger partial charge is 0.496 e. The van der Waals surface area contributed by atoms with Gasteiger partial charge in [-0.2, -0.15) is 5.26 Å². The highest BCUT2D eigenvalue weighted by Gasteiger charge is 2.51. The van der Waals surface area contributed by atoms with Crippen molar-refractivity contribution in [3.05, 3.63) is 24.0 Å². The fourth-order valence-corrected chi connectivity index (χ4v) is 2.22. The number of fused-ring (bicyclic) bond motifs is 1. The summed E-state index contributed by atoms with van der Waals surface area (Å²) in [5, 5.41) is 9.88. The van der Waals surface area contributed by atoms with E-state index < -0.39 is 7.12 Å². The van der Waals surface area contributed by atoms with E-state index in [9.17, 15) is 0 Å². The third kappa shape index (κ3) is 1.82. The first-order valence-electron chi connectivity index (χ1n) is 6.57. The highest BCUT2D eigenvalue weighted by molar-refractivity contribution is 6.62. The third-order valence-electron chi connectivity index (χ3n) is 4.20. The average Bonchev–Trinajstić information content (AvgIpc) is 2.87.